The van der Waals surface area contributed by atoms with Crippen molar-refractivity contribution in [2.24, 2.45) is 0 Å². The molecule has 7 heteroatoms. The van der Waals surface area contributed by atoms with Crippen molar-refractivity contribution >= 4 is 15.5 Å². The molecule has 1 atom stereocenters. The van der Waals surface area contributed by atoms with E-state index in [1.54, 1.807) is 0 Å². The highest BCUT2D eigenvalue weighted by atomic mass is 32.2. The van der Waals surface area contributed by atoms with Crippen LogP contribution in [0.3, 0.4) is 0 Å². The number of piperazine rings is 1. The third-order valence-corrected chi connectivity index (χ3v) is 8.17. The molecule has 158 valence electrons. The van der Waals surface area contributed by atoms with E-state index in [-0.39, 0.29) is 6.04 Å². The number of hydrogen-bond donors (Lipinski definition) is 0. The van der Waals surface area contributed by atoms with Crippen LogP contribution in [0.1, 0.15) is 17.7 Å². The molecule has 0 radical (unpaired) electrons. The molecule has 1 unspecified atom stereocenters. The highest BCUT2D eigenvalue weighted by Crippen LogP contribution is 2.27. The average Bonchev–Trinajstić information content (AvgIpc) is 3.29. The van der Waals surface area contributed by atoms with E-state index < -0.39 is 9.84 Å². The molecular formula is C23H28N4O2S. The molecule has 2 fully saturated rings. The first-order chi connectivity index (χ1) is 14.5. The van der Waals surface area contributed by atoms with E-state index in [1.165, 1.54) is 11.3 Å². The minimum absolute atomic E-state index is 0.204. The Morgan fingerprint density at radius 1 is 1.03 bits per heavy atom. The SMILES string of the molecule is Cc1ccc2nc(-c3ccccc3)c(CN3CCN(C4CCS(=O)(=O)C4)CC3)n2c1. The van der Waals surface area contributed by atoms with Gasteiger partial charge in [0.2, 0.25) is 0 Å². The molecule has 0 bridgehead atoms. The fourth-order valence-electron chi connectivity index (χ4n) is 4.74. The van der Waals surface area contributed by atoms with Crippen molar-refractivity contribution in [3.63, 3.8) is 0 Å². The summed E-state index contributed by atoms with van der Waals surface area (Å²) in [6.45, 7) is 6.70. The third-order valence-electron chi connectivity index (χ3n) is 6.42. The summed E-state index contributed by atoms with van der Waals surface area (Å²) in [7, 11) is -2.83. The predicted octanol–water partition coefficient (Wildman–Crippen LogP) is 2.61. The normalized spacial score (nSPS) is 22.6. The van der Waals surface area contributed by atoms with Crippen LogP contribution in [0.2, 0.25) is 0 Å². The average molecular weight is 425 g/mol. The minimum Gasteiger partial charge on any atom is -0.302 e. The molecule has 2 saturated heterocycles. The number of nitrogens with zero attached hydrogens (tertiary/aromatic N) is 4. The summed E-state index contributed by atoms with van der Waals surface area (Å²) < 4.78 is 25.9. The van der Waals surface area contributed by atoms with Gasteiger partial charge in [-0.25, -0.2) is 13.4 Å². The molecule has 4 heterocycles. The Kier molecular flexibility index (Phi) is 5.13. The number of pyridine rings is 1. The molecule has 0 spiro atoms. The van der Waals surface area contributed by atoms with Crippen molar-refractivity contribution in [2.75, 3.05) is 37.7 Å². The first-order valence-electron chi connectivity index (χ1n) is 10.7. The first-order valence-corrected chi connectivity index (χ1v) is 12.5. The lowest BCUT2D eigenvalue weighted by Gasteiger charge is -2.37. The second-order valence-electron chi connectivity index (χ2n) is 8.58. The topological polar surface area (TPSA) is 57.9 Å². The van der Waals surface area contributed by atoms with Crippen LogP contribution < -0.4 is 0 Å². The number of benzene rings is 1. The number of hydrogen-bond acceptors (Lipinski definition) is 5. The molecule has 5 rings (SSSR count). The molecule has 0 amide bonds. The van der Waals surface area contributed by atoms with Crippen molar-refractivity contribution in [1.82, 2.24) is 19.2 Å². The second kappa shape index (κ2) is 7.80. The number of imidazole rings is 1. The van der Waals surface area contributed by atoms with Crippen LogP contribution in [0.15, 0.2) is 48.7 Å². The third kappa shape index (κ3) is 3.89. The summed E-state index contributed by atoms with van der Waals surface area (Å²) in [6, 6.07) is 14.8. The molecule has 1 aromatic carbocycles. The van der Waals surface area contributed by atoms with Crippen LogP contribution >= 0.6 is 0 Å². The largest absolute Gasteiger partial charge is 0.302 e. The summed E-state index contributed by atoms with van der Waals surface area (Å²) in [5, 5.41) is 0. The Balaban J connectivity index is 1.37. The first kappa shape index (κ1) is 19.7. The molecule has 0 saturated carbocycles. The van der Waals surface area contributed by atoms with Crippen LogP contribution in [0.4, 0.5) is 0 Å². The molecule has 2 aromatic heterocycles. The van der Waals surface area contributed by atoms with Crippen molar-refractivity contribution in [1.29, 1.82) is 0 Å². The molecule has 2 aliphatic heterocycles. The highest BCUT2D eigenvalue weighted by molar-refractivity contribution is 7.91. The number of rotatable bonds is 4. The fraction of sp³-hybridized carbons (Fsp3) is 0.435. The van der Waals surface area contributed by atoms with Crippen molar-refractivity contribution < 1.29 is 8.42 Å². The lowest BCUT2D eigenvalue weighted by atomic mass is 10.1. The van der Waals surface area contributed by atoms with Gasteiger partial charge in [0.25, 0.3) is 0 Å². The fourth-order valence-corrected chi connectivity index (χ4v) is 6.50. The lowest BCUT2D eigenvalue weighted by molar-refractivity contribution is 0.0992. The second-order valence-corrected chi connectivity index (χ2v) is 10.8. The molecule has 6 nitrogen and oxygen atoms in total. The van der Waals surface area contributed by atoms with E-state index in [4.69, 9.17) is 4.98 Å². The summed E-state index contributed by atoms with van der Waals surface area (Å²) in [5.41, 5.74) is 5.60. The van der Waals surface area contributed by atoms with Crippen LogP contribution in [0.5, 0.6) is 0 Å². The summed E-state index contributed by atoms with van der Waals surface area (Å²) in [6.07, 6.45) is 2.96. The number of fused-ring (bicyclic) bond motifs is 1. The number of aryl methyl sites for hydroxylation is 1. The Hall–Kier alpha value is -2.22. The standard InChI is InChI=1S/C23H28N4O2S/c1-18-7-8-22-24-23(19-5-3-2-4-6-19)21(27(22)15-18)16-25-10-12-26(13-11-25)20-9-14-30(28,29)17-20/h2-8,15,20H,9-14,16-17H2,1H3. The van der Waals surface area contributed by atoms with E-state index in [0.29, 0.717) is 11.5 Å². The van der Waals surface area contributed by atoms with Crippen LogP contribution in [-0.4, -0.2) is 71.3 Å². The summed E-state index contributed by atoms with van der Waals surface area (Å²) in [5.74, 6) is 0.678. The van der Waals surface area contributed by atoms with E-state index in [2.05, 4.69) is 63.7 Å². The van der Waals surface area contributed by atoms with Crippen LogP contribution in [0, 0.1) is 6.92 Å². The Bertz CT molecular complexity index is 1150. The maximum Gasteiger partial charge on any atom is 0.151 e. The summed E-state index contributed by atoms with van der Waals surface area (Å²) in [4.78, 5) is 9.79. The lowest BCUT2D eigenvalue weighted by Crippen LogP contribution is -2.50. The molecular weight excluding hydrogens is 396 g/mol. The van der Waals surface area contributed by atoms with Gasteiger partial charge in [-0.2, -0.15) is 0 Å². The van der Waals surface area contributed by atoms with Crippen LogP contribution in [-0.2, 0) is 16.4 Å². The quantitative estimate of drug-likeness (QED) is 0.644. The van der Waals surface area contributed by atoms with Gasteiger partial charge in [0, 0.05) is 50.5 Å². The Labute approximate surface area is 178 Å². The molecule has 30 heavy (non-hydrogen) atoms. The van der Waals surface area contributed by atoms with E-state index in [1.807, 2.05) is 6.07 Å². The smallest absolute Gasteiger partial charge is 0.151 e. The number of aromatic nitrogens is 2. The molecule has 0 N–H and O–H groups in total. The van der Waals surface area contributed by atoms with E-state index in [0.717, 1.165) is 56.0 Å². The van der Waals surface area contributed by atoms with Gasteiger partial charge in [-0.15, -0.1) is 0 Å². The van der Waals surface area contributed by atoms with Gasteiger partial charge in [0.05, 0.1) is 22.9 Å². The van der Waals surface area contributed by atoms with Gasteiger partial charge < -0.3 is 4.40 Å². The number of sulfone groups is 1. The van der Waals surface area contributed by atoms with Gasteiger partial charge in [0.1, 0.15) is 5.65 Å². The Morgan fingerprint density at radius 2 is 1.80 bits per heavy atom. The van der Waals surface area contributed by atoms with Gasteiger partial charge >= 0.3 is 0 Å². The van der Waals surface area contributed by atoms with Gasteiger partial charge in [-0.3, -0.25) is 9.80 Å². The maximum absolute atomic E-state index is 11.8. The zero-order valence-corrected chi connectivity index (χ0v) is 18.2. The minimum atomic E-state index is -2.83. The zero-order chi connectivity index (χ0) is 20.7. The molecule has 0 aliphatic carbocycles. The predicted molar refractivity (Wildman–Crippen MR) is 119 cm³/mol. The van der Waals surface area contributed by atoms with Gasteiger partial charge in [0.15, 0.2) is 9.84 Å². The van der Waals surface area contributed by atoms with Crippen molar-refractivity contribution in [2.45, 2.75) is 25.9 Å². The van der Waals surface area contributed by atoms with Crippen molar-refractivity contribution in [3.05, 3.63) is 59.9 Å². The Morgan fingerprint density at radius 3 is 2.50 bits per heavy atom. The zero-order valence-electron chi connectivity index (χ0n) is 17.4. The van der Waals surface area contributed by atoms with Gasteiger partial charge in [-0.05, 0) is 25.0 Å². The molecule has 3 aromatic rings. The highest BCUT2D eigenvalue weighted by Gasteiger charge is 2.33. The maximum atomic E-state index is 11.8. The van der Waals surface area contributed by atoms with E-state index in [9.17, 15) is 8.42 Å². The van der Waals surface area contributed by atoms with Crippen LogP contribution in [0.25, 0.3) is 16.9 Å². The van der Waals surface area contributed by atoms with Crippen molar-refractivity contribution in [3.8, 4) is 11.3 Å². The monoisotopic (exact) mass is 424 g/mol. The van der Waals surface area contributed by atoms with Gasteiger partial charge in [-0.1, -0.05) is 36.4 Å². The molecule has 2 aliphatic rings. The summed E-state index contributed by atoms with van der Waals surface area (Å²) >= 11 is 0. The van der Waals surface area contributed by atoms with E-state index >= 15 is 0 Å².